The lowest BCUT2D eigenvalue weighted by Crippen LogP contribution is -2.34. The predicted octanol–water partition coefficient (Wildman–Crippen LogP) is 13.0. The van der Waals surface area contributed by atoms with Crippen molar-refractivity contribution < 1.29 is 41.5 Å². The van der Waals surface area contributed by atoms with Crippen molar-refractivity contribution in [1.82, 2.24) is 16.0 Å². The van der Waals surface area contributed by atoms with Crippen LogP contribution >= 0.6 is 0 Å². The number of nitrogens with one attached hydrogen (secondary N) is 4. The molecule has 10 rings (SSSR count). The summed E-state index contributed by atoms with van der Waals surface area (Å²) >= 11 is 0. The molecule has 2 unspecified atom stereocenters. The highest BCUT2D eigenvalue weighted by Gasteiger charge is 2.26. The van der Waals surface area contributed by atoms with Crippen molar-refractivity contribution in [2.75, 3.05) is 26.5 Å². The topological polar surface area (TPSA) is 152 Å². The molecule has 7 aromatic carbocycles. The summed E-state index contributed by atoms with van der Waals surface area (Å²) in [5.74, 6) is -0.624. The molecule has 2 atom stereocenters. The van der Waals surface area contributed by atoms with Gasteiger partial charge in [-0.3, -0.25) is 19.2 Å². The van der Waals surface area contributed by atoms with Crippen LogP contribution in [0.4, 0.5) is 14.5 Å². The number of benzene rings is 7. The highest BCUT2D eigenvalue weighted by molar-refractivity contribution is 6.13. The molecule has 2 aromatic heterocycles. The van der Waals surface area contributed by atoms with E-state index in [0.717, 1.165) is 59.9 Å². The van der Waals surface area contributed by atoms with Gasteiger partial charge >= 0.3 is 0 Å². The molecule has 9 aromatic rings. The third kappa shape index (κ3) is 9.81. The van der Waals surface area contributed by atoms with E-state index >= 15 is 0 Å². The van der Waals surface area contributed by atoms with Gasteiger partial charge in [-0.05, 0) is 169 Å². The van der Waals surface area contributed by atoms with Crippen LogP contribution in [0.3, 0.4) is 0 Å². The molecular formula is C60H50F2N4O7. The Morgan fingerprint density at radius 1 is 0.521 bits per heavy atom. The minimum Gasteiger partial charge on any atom is -0.495 e. The SMILES string of the molecule is CNC(=O)c1c(-c2ccc(F)cc2)oc2ccc(-c3cccc(C(=O)Nc4cc(C5CCCC(NC(=O)c6cccc(-c7ccc8oc(-c9ccc(F)cc9)c(C(=O)NC)c8c7)c6)CC5)ccc4OC)c3)cc12. The van der Waals surface area contributed by atoms with Gasteiger partial charge in [0.25, 0.3) is 23.6 Å². The van der Waals surface area contributed by atoms with Crippen molar-refractivity contribution >= 4 is 51.3 Å². The Labute approximate surface area is 419 Å². The van der Waals surface area contributed by atoms with Crippen molar-refractivity contribution in [1.29, 1.82) is 0 Å². The molecule has 0 saturated heterocycles. The molecule has 0 bridgehead atoms. The lowest BCUT2D eigenvalue weighted by Gasteiger charge is -2.19. The summed E-state index contributed by atoms with van der Waals surface area (Å²) in [6, 6.07) is 43.1. The number of rotatable bonds is 12. The molecule has 11 nitrogen and oxygen atoms in total. The van der Waals surface area contributed by atoms with E-state index in [0.29, 0.717) is 78.3 Å². The zero-order valence-corrected chi connectivity index (χ0v) is 40.2. The van der Waals surface area contributed by atoms with Crippen LogP contribution in [-0.2, 0) is 0 Å². The largest absolute Gasteiger partial charge is 0.495 e. The molecule has 366 valence electrons. The van der Waals surface area contributed by atoms with Crippen LogP contribution in [0.5, 0.6) is 5.75 Å². The van der Waals surface area contributed by atoms with Gasteiger partial charge in [-0.1, -0.05) is 48.9 Å². The molecule has 1 saturated carbocycles. The molecular weight excluding hydrogens is 927 g/mol. The van der Waals surface area contributed by atoms with Crippen LogP contribution in [0, 0.1) is 11.6 Å². The molecule has 13 heteroatoms. The zero-order chi connectivity index (χ0) is 50.8. The van der Waals surface area contributed by atoms with E-state index in [9.17, 15) is 28.0 Å². The molecule has 1 fully saturated rings. The first-order chi connectivity index (χ1) is 35.5. The molecule has 4 N–H and O–H groups in total. The van der Waals surface area contributed by atoms with E-state index in [2.05, 4.69) is 21.3 Å². The van der Waals surface area contributed by atoms with Crippen molar-refractivity contribution in [3.05, 3.63) is 191 Å². The lowest BCUT2D eigenvalue weighted by atomic mass is 9.91. The quantitative estimate of drug-likeness (QED) is 0.0890. The molecule has 2 heterocycles. The van der Waals surface area contributed by atoms with Gasteiger partial charge in [0.05, 0.1) is 23.9 Å². The number of furan rings is 2. The second-order valence-electron chi connectivity index (χ2n) is 18.2. The summed E-state index contributed by atoms with van der Waals surface area (Å²) in [6.45, 7) is 0. The third-order valence-electron chi connectivity index (χ3n) is 13.7. The molecule has 0 aliphatic heterocycles. The number of amides is 4. The summed E-state index contributed by atoms with van der Waals surface area (Å²) in [6.07, 6.45) is 4.17. The van der Waals surface area contributed by atoms with Crippen molar-refractivity contribution in [3.8, 4) is 50.7 Å². The number of ether oxygens (including phenoxy) is 1. The summed E-state index contributed by atoms with van der Waals surface area (Å²) in [7, 11) is 4.65. The van der Waals surface area contributed by atoms with Crippen LogP contribution in [0.15, 0.2) is 160 Å². The highest BCUT2D eigenvalue weighted by Crippen LogP contribution is 2.40. The molecule has 0 spiro atoms. The van der Waals surface area contributed by atoms with Crippen LogP contribution < -0.4 is 26.0 Å². The Bertz CT molecular complexity index is 3580. The van der Waals surface area contributed by atoms with Gasteiger partial charge in [0.15, 0.2) is 0 Å². The third-order valence-corrected chi connectivity index (χ3v) is 13.7. The van der Waals surface area contributed by atoms with Crippen LogP contribution in [0.2, 0.25) is 0 Å². The maximum absolute atomic E-state index is 14.0. The molecule has 0 radical (unpaired) electrons. The van der Waals surface area contributed by atoms with E-state index < -0.39 is 11.6 Å². The van der Waals surface area contributed by atoms with E-state index in [1.54, 1.807) is 74.8 Å². The number of methoxy groups -OCH3 is 1. The number of fused-ring (bicyclic) bond motifs is 2. The number of hydrogen-bond acceptors (Lipinski definition) is 7. The van der Waals surface area contributed by atoms with Crippen molar-refractivity contribution in [2.24, 2.45) is 0 Å². The predicted molar refractivity (Wildman–Crippen MR) is 279 cm³/mol. The fourth-order valence-corrected chi connectivity index (χ4v) is 9.86. The van der Waals surface area contributed by atoms with Gasteiger partial charge in [-0.2, -0.15) is 0 Å². The van der Waals surface area contributed by atoms with Gasteiger partial charge < -0.3 is 34.8 Å². The van der Waals surface area contributed by atoms with E-state index in [4.69, 9.17) is 13.6 Å². The Hall–Kier alpha value is -8.84. The van der Waals surface area contributed by atoms with Gasteiger partial charge in [-0.15, -0.1) is 0 Å². The summed E-state index contributed by atoms with van der Waals surface area (Å²) < 4.78 is 45.5. The number of hydrogen-bond donors (Lipinski definition) is 4. The van der Waals surface area contributed by atoms with Gasteiger partial charge in [0.1, 0.15) is 40.1 Å². The first kappa shape index (κ1) is 47.8. The summed E-state index contributed by atoms with van der Waals surface area (Å²) in [4.78, 5) is 54.2. The van der Waals surface area contributed by atoms with Crippen molar-refractivity contribution in [3.63, 3.8) is 0 Å². The van der Waals surface area contributed by atoms with E-state index in [1.165, 1.54) is 31.3 Å². The Morgan fingerprint density at radius 3 is 1.55 bits per heavy atom. The Balaban J connectivity index is 0.816. The van der Waals surface area contributed by atoms with E-state index in [-0.39, 0.29) is 35.6 Å². The normalized spacial score (nSPS) is 14.6. The minimum atomic E-state index is -0.400. The van der Waals surface area contributed by atoms with Gasteiger partial charge in [0.2, 0.25) is 0 Å². The van der Waals surface area contributed by atoms with Crippen LogP contribution in [0.1, 0.15) is 85.0 Å². The Morgan fingerprint density at radius 2 is 1.03 bits per heavy atom. The maximum Gasteiger partial charge on any atom is 0.255 e. The molecule has 1 aliphatic rings. The number of carbonyl (C=O) groups is 4. The first-order valence-electron chi connectivity index (χ1n) is 24.1. The number of carbonyl (C=O) groups excluding carboxylic acids is 4. The van der Waals surface area contributed by atoms with Crippen molar-refractivity contribution in [2.45, 2.75) is 44.1 Å². The average Bonchev–Trinajstić information content (AvgIpc) is 3.91. The highest BCUT2D eigenvalue weighted by atomic mass is 19.1. The van der Waals surface area contributed by atoms with Crippen LogP contribution in [0.25, 0.3) is 66.8 Å². The second-order valence-corrected chi connectivity index (χ2v) is 18.2. The van der Waals surface area contributed by atoms with E-state index in [1.807, 2.05) is 66.7 Å². The lowest BCUT2D eigenvalue weighted by molar-refractivity contribution is 0.0929. The summed E-state index contributed by atoms with van der Waals surface area (Å²) in [5, 5.41) is 12.9. The molecule has 1 aliphatic carbocycles. The number of halogens is 2. The molecule has 73 heavy (non-hydrogen) atoms. The standard InChI is InChI=1S/C60H50F2N4O7/c1-63-59(69)53-47-31-39(18-26-50(47)72-55(53)35-13-21-44(61)22-14-35)37-8-4-10-42(29-37)57(67)65-46-12-6-7-34(17-25-46)41-20-28-52(71-3)49(33-41)66-58(68)43-11-5-9-38(30-43)40-19-27-51-48(32-40)54(60(70)64-2)56(73-51)36-15-23-45(62)24-16-36/h4-5,8-11,13-16,18-24,26-34,46H,6-7,12,17,25H2,1-3H3,(H,63,69)(H,64,70)(H,65,67)(H,66,68). The Kier molecular flexibility index (Phi) is 13.4. The smallest absolute Gasteiger partial charge is 0.255 e. The minimum absolute atomic E-state index is 0.0467. The second kappa shape index (κ2) is 20.5. The monoisotopic (exact) mass is 976 g/mol. The summed E-state index contributed by atoms with van der Waals surface area (Å²) in [5.41, 5.74) is 8.41. The first-order valence-corrected chi connectivity index (χ1v) is 24.1. The fourth-order valence-electron chi connectivity index (χ4n) is 9.86. The van der Waals surface area contributed by atoms with Gasteiger partial charge in [-0.25, -0.2) is 8.78 Å². The zero-order valence-electron chi connectivity index (χ0n) is 40.2. The molecule has 4 amide bonds. The van der Waals surface area contributed by atoms with Crippen LogP contribution in [-0.4, -0.2) is 50.9 Å². The fraction of sp³-hybridized carbons (Fsp3) is 0.167. The number of anilines is 1. The van der Waals surface area contributed by atoms with Gasteiger partial charge in [0, 0.05) is 53.2 Å². The average molecular weight is 977 g/mol. The maximum atomic E-state index is 14.0.